The summed E-state index contributed by atoms with van der Waals surface area (Å²) in [6.45, 7) is 0.387. The number of alkyl carbamates (subject to hydrolysis) is 1. The van der Waals surface area contributed by atoms with Crippen LogP contribution in [0.5, 0.6) is 0 Å². The average Bonchev–Trinajstić information content (AvgIpc) is 3.34. The third kappa shape index (κ3) is 7.00. The molecule has 6 atom stereocenters. The molecule has 2 aromatic carbocycles. The van der Waals surface area contributed by atoms with E-state index in [0.717, 1.165) is 16.3 Å². The summed E-state index contributed by atoms with van der Waals surface area (Å²) in [6.07, 6.45) is -4.22. The van der Waals surface area contributed by atoms with Gasteiger partial charge in [-0.1, -0.05) is 47.9 Å². The first-order valence-electron chi connectivity index (χ1n) is 13.2. The molecule has 0 aliphatic carbocycles. The van der Waals surface area contributed by atoms with Gasteiger partial charge in [0.1, 0.15) is 24.4 Å². The highest BCUT2D eigenvalue weighted by atomic mass is 16.7. The Balaban J connectivity index is 1.40. The summed E-state index contributed by atoms with van der Waals surface area (Å²) in [7, 11) is 1.17. The summed E-state index contributed by atoms with van der Waals surface area (Å²) in [5, 5.41) is 30.1. The second-order valence-electron chi connectivity index (χ2n) is 9.76. The molecule has 216 valence electrons. The predicted molar refractivity (Wildman–Crippen MR) is 141 cm³/mol. The van der Waals surface area contributed by atoms with Gasteiger partial charge in [-0.25, -0.2) is 9.59 Å². The van der Waals surface area contributed by atoms with Crippen LogP contribution in [0.2, 0.25) is 0 Å². The normalized spacial score (nSPS) is 25.3. The number of carbonyl (C=O) groups is 2. The minimum atomic E-state index is -1.97. The molecule has 0 bridgehead atoms. The molecule has 13 nitrogen and oxygen atoms in total. The molecule has 3 N–H and O–H groups in total. The predicted octanol–water partition coefficient (Wildman–Crippen LogP) is 2.71. The number of hydrogen-bond acceptors (Lipinski definition) is 10. The standard InChI is InChI=1S/C27H34N4O9/c1-36-25(34)27(38-12-6-2-5-11-29-31-28)14-21-22(30-26(35)39-21)24(40-27)23(33)20(32)16-37-15-17-9-10-18-7-3-4-8-19(18)13-17/h3-4,7-10,13,20-24,32-33H,2,5-6,11-12,14-16H2,1H3,(H,30,35)/t20-,21+,22-,23-,24-,27-/m1/s1. The number of benzene rings is 2. The number of nitrogens with one attached hydrogen (secondary N) is 1. The van der Waals surface area contributed by atoms with Gasteiger partial charge in [0.2, 0.25) is 0 Å². The number of hydrogen-bond donors (Lipinski definition) is 3. The maximum atomic E-state index is 12.9. The number of nitrogens with zero attached hydrogens (tertiary/aromatic N) is 3. The number of azide groups is 1. The molecule has 0 unspecified atom stereocenters. The summed E-state index contributed by atoms with van der Waals surface area (Å²) in [5.41, 5.74) is 9.27. The van der Waals surface area contributed by atoms with Crippen molar-refractivity contribution in [2.75, 3.05) is 26.9 Å². The summed E-state index contributed by atoms with van der Waals surface area (Å²) in [4.78, 5) is 27.6. The monoisotopic (exact) mass is 558 g/mol. The number of rotatable bonds is 14. The maximum absolute atomic E-state index is 12.9. The molecule has 0 saturated carbocycles. The van der Waals surface area contributed by atoms with Crippen LogP contribution in [0.1, 0.15) is 31.2 Å². The summed E-state index contributed by atoms with van der Waals surface area (Å²) in [5.74, 6) is -2.83. The first kappa shape index (κ1) is 29.5. The van der Waals surface area contributed by atoms with Gasteiger partial charge in [-0.15, -0.1) is 0 Å². The number of fused-ring (bicyclic) bond motifs is 2. The minimum Gasteiger partial charge on any atom is -0.465 e. The van der Waals surface area contributed by atoms with Crippen LogP contribution in [-0.4, -0.2) is 85.4 Å². The molecule has 0 spiro atoms. The van der Waals surface area contributed by atoms with Crippen LogP contribution in [0, 0.1) is 0 Å². The van der Waals surface area contributed by atoms with Crippen molar-refractivity contribution in [3.05, 3.63) is 58.5 Å². The average molecular weight is 559 g/mol. The largest absolute Gasteiger partial charge is 0.465 e. The van der Waals surface area contributed by atoms with Gasteiger partial charge in [-0.05, 0) is 40.8 Å². The Morgan fingerprint density at radius 1 is 1.23 bits per heavy atom. The van der Waals surface area contributed by atoms with E-state index in [9.17, 15) is 19.8 Å². The van der Waals surface area contributed by atoms with Crippen LogP contribution in [0.3, 0.4) is 0 Å². The van der Waals surface area contributed by atoms with Crippen LogP contribution in [0.25, 0.3) is 21.2 Å². The second-order valence-corrected chi connectivity index (χ2v) is 9.76. The van der Waals surface area contributed by atoms with Crippen molar-refractivity contribution in [2.24, 2.45) is 5.11 Å². The zero-order valence-corrected chi connectivity index (χ0v) is 22.2. The highest BCUT2D eigenvalue weighted by molar-refractivity contribution is 5.83. The smallest absolute Gasteiger partial charge is 0.407 e. The van der Waals surface area contributed by atoms with Crippen LogP contribution in [-0.2, 0) is 35.1 Å². The topological polar surface area (TPSA) is 182 Å². The van der Waals surface area contributed by atoms with Gasteiger partial charge in [-0.3, -0.25) is 0 Å². The third-order valence-electron chi connectivity index (χ3n) is 6.99. The van der Waals surface area contributed by atoms with E-state index in [1.54, 1.807) is 0 Å². The van der Waals surface area contributed by atoms with E-state index in [1.165, 1.54) is 7.11 Å². The van der Waals surface area contributed by atoms with Crippen molar-refractivity contribution in [3.8, 4) is 0 Å². The van der Waals surface area contributed by atoms with Crippen LogP contribution < -0.4 is 5.32 Å². The van der Waals surface area contributed by atoms with Crippen molar-refractivity contribution in [3.63, 3.8) is 0 Å². The lowest BCUT2D eigenvalue weighted by Crippen LogP contribution is -2.65. The molecule has 2 aromatic rings. The molecule has 40 heavy (non-hydrogen) atoms. The van der Waals surface area contributed by atoms with Crippen LogP contribution in [0.15, 0.2) is 47.6 Å². The Morgan fingerprint density at radius 2 is 2.02 bits per heavy atom. The Kier molecular flexibility index (Phi) is 10.2. The minimum absolute atomic E-state index is 0.0877. The zero-order chi connectivity index (χ0) is 28.5. The molecule has 13 heteroatoms. The lowest BCUT2D eigenvalue weighted by atomic mass is 9.89. The summed E-state index contributed by atoms with van der Waals surface area (Å²) < 4.78 is 27.8. The van der Waals surface area contributed by atoms with E-state index in [1.807, 2.05) is 42.5 Å². The Labute approximate surface area is 230 Å². The molecule has 0 aromatic heterocycles. The molecule has 0 radical (unpaired) electrons. The second kappa shape index (κ2) is 13.8. The van der Waals surface area contributed by atoms with Crippen molar-refractivity contribution < 1.29 is 43.5 Å². The van der Waals surface area contributed by atoms with Crippen LogP contribution >= 0.6 is 0 Å². The zero-order valence-electron chi connectivity index (χ0n) is 22.2. The fourth-order valence-electron chi connectivity index (χ4n) is 4.95. The number of unbranched alkanes of at least 4 members (excludes halogenated alkanes) is 2. The Morgan fingerprint density at radius 3 is 2.80 bits per heavy atom. The molecule has 1 amide bonds. The molecule has 2 aliphatic rings. The van der Waals surface area contributed by atoms with Gasteiger partial charge in [0.05, 0.1) is 39.4 Å². The third-order valence-corrected chi connectivity index (χ3v) is 6.99. The highest BCUT2D eigenvalue weighted by Gasteiger charge is 2.59. The van der Waals surface area contributed by atoms with E-state index >= 15 is 0 Å². The fourth-order valence-corrected chi connectivity index (χ4v) is 4.95. The van der Waals surface area contributed by atoms with E-state index in [4.69, 9.17) is 29.2 Å². The van der Waals surface area contributed by atoms with Gasteiger partial charge >= 0.3 is 12.1 Å². The van der Waals surface area contributed by atoms with Crippen molar-refractivity contribution in [2.45, 2.75) is 68.5 Å². The van der Waals surface area contributed by atoms with Crippen molar-refractivity contribution >= 4 is 22.8 Å². The van der Waals surface area contributed by atoms with Gasteiger partial charge in [0, 0.05) is 11.5 Å². The van der Waals surface area contributed by atoms with Gasteiger partial charge in [-0.2, -0.15) is 0 Å². The molecule has 2 saturated heterocycles. The van der Waals surface area contributed by atoms with E-state index in [0.29, 0.717) is 25.8 Å². The van der Waals surface area contributed by atoms with Gasteiger partial charge in [0.15, 0.2) is 0 Å². The number of amides is 1. The Hall–Kier alpha value is -3.45. The SMILES string of the molecule is COC(=O)[C@@]1(OCCCCCN=[N+]=[N-])C[C@@H]2OC(=O)N[C@H]2[C@H]([C@H](O)[C@H](O)COCc2ccc3ccccc3c2)O1. The van der Waals surface area contributed by atoms with Crippen molar-refractivity contribution in [1.82, 2.24) is 5.32 Å². The molecular formula is C27H34N4O9. The maximum Gasteiger partial charge on any atom is 0.407 e. The number of esters is 1. The quantitative estimate of drug-likeness (QED) is 0.103. The van der Waals surface area contributed by atoms with Gasteiger partial charge in [0.25, 0.3) is 5.79 Å². The van der Waals surface area contributed by atoms with E-state index < -0.39 is 48.3 Å². The number of aliphatic hydroxyl groups excluding tert-OH is 2. The highest BCUT2D eigenvalue weighted by Crippen LogP contribution is 2.37. The number of aliphatic hydroxyl groups is 2. The molecule has 2 aliphatic heterocycles. The first-order valence-corrected chi connectivity index (χ1v) is 13.2. The molecular weight excluding hydrogens is 524 g/mol. The molecule has 2 fully saturated rings. The number of ether oxygens (including phenoxy) is 5. The molecule has 2 heterocycles. The molecule has 4 rings (SSSR count). The van der Waals surface area contributed by atoms with E-state index in [-0.39, 0.29) is 26.2 Å². The summed E-state index contributed by atoms with van der Waals surface area (Å²) in [6, 6.07) is 12.9. The first-order chi connectivity index (χ1) is 19.4. The lowest BCUT2D eigenvalue weighted by molar-refractivity contribution is -0.307. The van der Waals surface area contributed by atoms with Crippen LogP contribution in [0.4, 0.5) is 4.79 Å². The van der Waals surface area contributed by atoms with E-state index in [2.05, 4.69) is 15.3 Å². The lowest BCUT2D eigenvalue weighted by Gasteiger charge is -2.44. The number of carbonyl (C=O) groups excluding carboxylic acids is 2. The summed E-state index contributed by atoms with van der Waals surface area (Å²) >= 11 is 0. The van der Waals surface area contributed by atoms with Gasteiger partial charge < -0.3 is 39.2 Å². The Bertz CT molecular complexity index is 1220. The fraction of sp³-hybridized carbons (Fsp3) is 0.556. The van der Waals surface area contributed by atoms with Crippen molar-refractivity contribution in [1.29, 1.82) is 0 Å². The number of methoxy groups -OCH3 is 1.